The molecule has 1 aromatic carbocycles. The van der Waals surface area contributed by atoms with Gasteiger partial charge in [-0.15, -0.1) is 0 Å². The molecule has 13 heteroatoms. The summed E-state index contributed by atoms with van der Waals surface area (Å²) in [5.41, 5.74) is 0.988. The molecule has 0 aliphatic carbocycles. The van der Waals surface area contributed by atoms with Crippen LogP contribution < -0.4 is 19.7 Å². The van der Waals surface area contributed by atoms with Crippen molar-refractivity contribution in [2.75, 3.05) is 17.3 Å². The van der Waals surface area contributed by atoms with Gasteiger partial charge in [0.25, 0.3) is 15.9 Å². The Morgan fingerprint density at radius 2 is 1.97 bits per heavy atom. The van der Waals surface area contributed by atoms with Crippen molar-refractivity contribution in [1.29, 1.82) is 0 Å². The zero-order valence-corrected chi connectivity index (χ0v) is 18.5. The Bertz CT molecular complexity index is 1370. The molecule has 170 valence electrons. The molecule has 0 saturated carbocycles. The number of ether oxygens (including phenoxy) is 1. The standard InChI is InChI=1S/C20H15FN4O6S2/c1-31-13-3-4-14-11(8-13)9-17(26)25(19(14)27)16-6-2-12(10-22-16)23-20(28)24-33(29,30)18-7-5-15(21)32-18/h2-8,10H,9H2,1H3,(H2,23,24,28). The highest BCUT2D eigenvalue weighted by Gasteiger charge is 2.33. The molecule has 0 fully saturated rings. The number of hydrogen-bond acceptors (Lipinski definition) is 8. The van der Waals surface area contributed by atoms with Gasteiger partial charge < -0.3 is 10.1 Å². The summed E-state index contributed by atoms with van der Waals surface area (Å²) >= 11 is 0.372. The van der Waals surface area contributed by atoms with E-state index in [9.17, 15) is 27.2 Å². The van der Waals surface area contributed by atoms with Crippen molar-refractivity contribution in [3.8, 4) is 5.75 Å². The Labute approximate surface area is 191 Å². The number of urea groups is 1. The van der Waals surface area contributed by atoms with Gasteiger partial charge in [-0.1, -0.05) is 11.3 Å². The van der Waals surface area contributed by atoms with Gasteiger partial charge >= 0.3 is 6.03 Å². The minimum absolute atomic E-state index is 0.0243. The van der Waals surface area contributed by atoms with Gasteiger partial charge in [0.2, 0.25) is 5.91 Å². The van der Waals surface area contributed by atoms with E-state index < -0.39 is 33.0 Å². The quantitative estimate of drug-likeness (QED) is 0.525. The molecule has 1 aliphatic rings. The third-order valence-corrected chi connectivity index (χ3v) is 7.31. The van der Waals surface area contributed by atoms with Crippen LogP contribution in [0.3, 0.4) is 0 Å². The van der Waals surface area contributed by atoms with E-state index in [-0.39, 0.29) is 22.1 Å². The Hall–Kier alpha value is -3.84. The summed E-state index contributed by atoms with van der Waals surface area (Å²) in [6, 6.07) is 8.40. The number of carbonyl (C=O) groups excluding carboxylic acids is 3. The number of nitrogens with one attached hydrogen (secondary N) is 2. The van der Waals surface area contributed by atoms with Crippen molar-refractivity contribution in [2.45, 2.75) is 10.6 Å². The lowest BCUT2D eigenvalue weighted by molar-refractivity contribution is -0.117. The summed E-state index contributed by atoms with van der Waals surface area (Å²) in [5.74, 6) is -0.468. The Kier molecular flexibility index (Phi) is 5.82. The third kappa shape index (κ3) is 4.54. The number of benzene rings is 1. The van der Waals surface area contributed by atoms with Crippen LogP contribution in [0.25, 0.3) is 0 Å². The van der Waals surface area contributed by atoms with Crippen LogP contribution in [-0.4, -0.2) is 38.4 Å². The lowest BCUT2D eigenvalue weighted by atomic mass is 9.98. The largest absolute Gasteiger partial charge is 0.497 e. The van der Waals surface area contributed by atoms with E-state index in [1.165, 1.54) is 19.2 Å². The van der Waals surface area contributed by atoms with Gasteiger partial charge in [-0.25, -0.2) is 27.8 Å². The fourth-order valence-electron chi connectivity index (χ4n) is 3.12. The van der Waals surface area contributed by atoms with Gasteiger partial charge in [-0.2, -0.15) is 4.39 Å². The molecule has 0 bridgehead atoms. The normalized spacial score (nSPS) is 13.5. The molecule has 0 atom stereocenters. The van der Waals surface area contributed by atoms with Crippen LogP contribution in [0, 0.1) is 5.13 Å². The number of nitrogens with zero attached hydrogens (tertiary/aromatic N) is 2. The minimum Gasteiger partial charge on any atom is -0.497 e. The number of fused-ring (bicyclic) bond motifs is 1. The fraction of sp³-hybridized carbons (Fsp3) is 0.100. The predicted octanol–water partition coefficient (Wildman–Crippen LogP) is 2.53. The van der Waals surface area contributed by atoms with E-state index in [1.807, 2.05) is 0 Å². The molecule has 33 heavy (non-hydrogen) atoms. The first kappa shape index (κ1) is 22.4. The van der Waals surface area contributed by atoms with E-state index in [0.29, 0.717) is 28.2 Å². The molecule has 4 rings (SSSR count). The lowest BCUT2D eigenvalue weighted by Crippen LogP contribution is -2.43. The number of carbonyl (C=O) groups is 3. The summed E-state index contributed by atoms with van der Waals surface area (Å²) in [6.07, 6.45) is 1.14. The Morgan fingerprint density at radius 3 is 2.61 bits per heavy atom. The summed E-state index contributed by atoms with van der Waals surface area (Å²) in [5, 5.41) is 1.56. The number of thiophene rings is 1. The highest BCUT2D eigenvalue weighted by molar-refractivity contribution is 7.92. The zero-order valence-electron chi connectivity index (χ0n) is 16.9. The van der Waals surface area contributed by atoms with Crippen molar-refractivity contribution < 1.29 is 31.9 Å². The second-order valence-corrected chi connectivity index (χ2v) is 9.70. The number of halogens is 1. The average molecular weight is 490 g/mol. The SMILES string of the molecule is COc1ccc2c(c1)CC(=O)N(c1ccc(NC(=O)NS(=O)(=O)c3ccc(F)s3)cn1)C2=O. The smallest absolute Gasteiger partial charge is 0.333 e. The molecule has 3 aromatic rings. The highest BCUT2D eigenvalue weighted by Crippen LogP contribution is 2.27. The van der Waals surface area contributed by atoms with E-state index >= 15 is 0 Å². The molecule has 10 nitrogen and oxygen atoms in total. The molecule has 2 N–H and O–H groups in total. The highest BCUT2D eigenvalue weighted by atomic mass is 32.2. The van der Waals surface area contributed by atoms with E-state index in [2.05, 4.69) is 10.3 Å². The molecule has 1 aliphatic heterocycles. The molecule has 3 heterocycles. The van der Waals surface area contributed by atoms with Crippen molar-refractivity contribution in [1.82, 2.24) is 9.71 Å². The maximum absolute atomic E-state index is 13.1. The van der Waals surface area contributed by atoms with Crippen molar-refractivity contribution >= 4 is 50.7 Å². The topological polar surface area (TPSA) is 135 Å². The number of rotatable bonds is 5. The van der Waals surface area contributed by atoms with Crippen molar-refractivity contribution in [3.63, 3.8) is 0 Å². The zero-order chi connectivity index (χ0) is 23.8. The Balaban J connectivity index is 1.47. The summed E-state index contributed by atoms with van der Waals surface area (Å²) in [6.45, 7) is 0. The Morgan fingerprint density at radius 1 is 1.18 bits per heavy atom. The number of anilines is 2. The number of aromatic nitrogens is 1. The number of methoxy groups -OCH3 is 1. The number of sulfonamides is 1. The molecule has 0 radical (unpaired) electrons. The van der Waals surface area contributed by atoms with Gasteiger partial charge in [-0.05, 0) is 48.0 Å². The second-order valence-electron chi connectivity index (χ2n) is 6.76. The number of imide groups is 1. The van der Waals surface area contributed by atoms with Gasteiger partial charge in [-0.3, -0.25) is 9.59 Å². The first-order valence-corrected chi connectivity index (χ1v) is 11.6. The van der Waals surface area contributed by atoms with Crippen molar-refractivity contribution in [2.24, 2.45) is 0 Å². The lowest BCUT2D eigenvalue weighted by Gasteiger charge is -2.26. The maximum atomic E-state index is 13.1. The van der Waals surface area contributed by atoms with E-state index in [1.54, 1.807) is 22.9 Å². The molecule has 2 aromatic heterocycles. The average Bonchev–Trinajstić information content (AvgIpc) is 3.21. The first-order chi connectivity index (χ1) is 15.7. The predicted molar refractivity (Wildman–Crippen MR) is 116 cm³/mol. The fourth-order valence-corrected chi connectivity index (χ4v) is 5.03. The van der Waals surface area contributed by atoms with Crippen LogP contribution in [0.5, 0.6) is 5.75 Å². The maximum Gasteiger partial charge on any atom is 0.333 e. The van der Waals surface area contributed by atoms with Crippen LogP contribution >= 0.6 is 11.3 Å². The monoisotopic (exact) mass is 490 g/mol. The molecule has 0 saturated heterocycles. The third-order valence-electron chi connectivity index (χ3n) is 4.61. The van der Waals surface area contributed by atoms with Crippen LogP contribution in [-0.2, 0) is 21.2 Å². The van der Waals surface area contributed by atoms with Gasteiger partial charge in [0, 0.05) is 5.56 Å². The van der Waals surface area contributed by atoms with Gasteiger partial charge in [0.15, 0.2) is 5.13 Å². The van der Waals surface area contributed by atoms with Crippen LogP contribution in [0.1, 0.15) is 15.9 Å². The molecule has 0 unspecified atom stereocenters. The van der Waals surface area contributed by atoms with Gasteiger partial charge in [0.1, 0.15) is 15.8 Å². The second kappa shape index (κ2) is 8.60. The number of amides is 4. The number of hydrogen-bond donors (Lipinski definition) is 2. The minimum atomic E-state index is -4.24. The van der Waals surface area contributed by atoms with Gasteiger partial charge in [0.05, 0.1) is 25.4 Å². The van der Waals surface area contributed by atoms with Crippen LogP contribution in [0.4, 0.5) is 20.7 Å². The van der Waals surface area contributed by atoms with Crippen molar-refractivity contribution in [3.05, 3.63) is 64.9 Å². The molecule has 0 spiro atoms. The van der Waals surface area contributed by atoms with E-state index in [0.717, 1.165) is 23.2 Å². The summed E-state index contributed by atoms with van der Waals surface area (Å²) < 4.78 is 43.8. The summed E-state index contributed by atoms with van der Waals surface area (Å²) in [4.78, 5) is 42.4. The molecular weight excluding hydrogens is 475 g/mol. The summed E-state index contributed by atoms with van der Waals surface area (Å²) in [7, 11) is -2.76. The molecule has 4 amide bonds. The van der Waals surface area contributed by atoms with E-state index in [4.69, 9.17) is 4.74 Å². The number of pyridine rings is 1. The van der Waals surface area contributed by atoms with Crippen LogP contribution in [0.15, 0.2) is 52.9 Å². The molecular formula is C20H15FN4O6S2. The van der Waals surface area contributed by atoms with Crippen LogP contribution in [0.2, 0.25) is 0 Å². The first-order valence-electron chi connectivity index (χ1n) is 9.27.